The van der Waals surface area contributed by atoms with Crippen LogP contribution in [-0.4, -0.2) is 19.3 Å². The molecule has 0 aliphatic rings. The van der Waals surface area contributed by atoms with Crippen molar-refractivity contribution in [3.63, 3.8) is 0 Å². The van der Waals surface area contributed by atoms with Gasteiger partial charge < -0.3 is 14.8 Å². The summed E-state index contributed by atoms with van der Waals surface area (Å²) in [5.41, 5.74) is 1.10. The van der Waals surface area contributed by atoms with Gasteiger partial charge in [-0.15, -0.1) is 0 Å². The summed E-state index contributed by atoms with van der Waals surface area (Å²) in [5, 5.41) is 4.02. The highest BCUT2D eigenvalue weighted by atomic mass is 35.5. The minimum atomic E-state index is 0.0653. The number of ether oxygens (including phenoxy) is 2. The van der Waals surface area contributed by atoms with Gasteiger partial charge in [-0.25, -0.2) is 0 Å². The lowest BCUT2D eigenvalue weighted by molar-refractivity contribution is 0.230. The molecule has 1 aromatic rings. The van der Waals surface area contributed by atoms with Gasteiger partial charge in [0.25, 0.3) is 0 Å². The van der Waals surface area contributed by atoms with Gasteiger partial charge in [-0.2, -0.15) is 0 Å². The van der Waals surface area contributed by atoms with Crippen LogP contribution in [0.3, 0.4) is 0 Å². The maximum absolute atomic E-state index is 6.27. The summed E-state index contributed by atoms with van der Waals surface area (Å²) >= 11 is 6.27. The minimum absolute atomic E-state index is 0.0653. The van der Waals surface area contributed by atoms with E-state index in [2.05, 4.69) is 19.2 Å². The number of hydrogen-bond donors (Lipinski definition) is 1. The van der Waals surface area contributed by atoms with E-state index in [-0.39, 0.29) is 6.10 Å². The molecule has 3 nitrogen and oxygen atoms in total. The molecular formula is C15H24ClNO2. The van der Waals surface area contributed by atoms with E-state index >= 15 is 0 Å². The second-order valence-electron chi connectivity index (χ2n) is 4.97. The Morgan fingerprint density at radius 1 is 1.26 bits per heavy atom. The topological polar surface area (TPSA) is 30.5 Å². The summed E-state index contributed by atoms with van der Waals surface area (Å²) in [4.78, 5) is 0. The molecule has 108 valence electrons. The van der Waals surface area contributed by atoms with E-state index in [0.29, 0.717) is 22.6 Å². The number of halogens is 1. The van der Waals surface area contributed by atoms with Crippen molar-refractivity contribution in [1.82, 2.24) is 5.32 Å². The molecule has 0 aliphatic carbocycles. The first-order chi connectivity index (χ1) is 8.97. The Balaban J connectivity index is 2.89. The average molecular weight is 286 g/mol. The maximum atomic E-state index is 6.27. The Labute approximate surface area is 121 Å². The summed E-state index contributed by atoms with van der Waals surface area (Å²) in [6.07, 6.45) is 1.16. The van der Waals surface area contributed by atoms with Gasteiger partial charge in [0.2, 0.25) is 0 Å². The third kappa shape index (κ3) is 4.92. The summed E-state index contributed by atoms with van der Waals surface area (Å²) < 4.78 is 11.1. The molecule has 0 aliphatic heterocycles. The number of benzene rings is 1. The molecule has 0 bridgehead atoms. The molecule has 0 saturated heterocycles. The minimum Gasteiger partial charge on any atom is -0.493 e. The van der Waals surface area contributed by atoms with E-state index in [9.17, 15) is 0 Å². The summed E-state index contributed by atoms with van der Waals surface area (Å²) in [7, 11) is 1.63. The van der Waals surface area contributed by atoms with Crippen LogP contribution in [-0.2, 0) is 6.54 Å². The summed E-state index contributed by atoms with van der Waals surface area (Å²) in [6, 6.07) is 4.38. The molecule has 4 heteroatoms. The molecular weight excluding hydrogens is 262 g/mol. The maximum Gasteiger partial charge on any atom is 0.180 e. The molecule has 0 spiro atoms. The van der Waals surface area contributed by atoms with Crippen LogP contribution in [0.25, 0.3) is 0 Å². The SMILES string of the molecule is CC[C@H](C)NCc1cc(Cl)c(OC(C)C)c(OC)c1. The Hall–Kier alpha value is -0.930. The van der Waals surface area contributed by atoms with Crippen molar-refractivity contribution in [3.05, 3.63) is 22.7 Å². The van der Waals surface area contributed by atoms with E-state index in [0.717, 1.165) is 18.5 Å². The quantitative estimate of drug-likeness (QED) is 0.821. The lowest BCUT2D eigenvalue weighted by Gasteiger charge is -2.17. The molecule has 0 heterocycles. The Bertz CT molecular complexity index is 407. The lowest BCUT2D eigenvalue weighted by atomic mass is 10.1. The standard InChI is InChI=1S/C15H24ClNO2/c1-6-11(4)17-9-12-7-13(16)15(19-10(2)3)14(8-12)18-5/h7-8,10-11,17H,6,9H2,1-5H3/t11-/m0/s1. The van der Waals surface area contributed by atoms with Crippen LogP contribution in [0.1, 0.15) is 39.7 Å². The molecule has 1 aromatic carbocycles. The predicted molar refractivity (Wildman–Crippen MR) is 80.4 cm³/mol. The number of methoxy groups -OCH3 is 1. The van der Waals surface area contributed by atoms with Gasteiger partial charge in [0.15, 0.2) is 11.5 Å². The van der Waals surface area contributed by atoms with Gasteiger partial charge in [0, 0.05) is 12.6 Å². The fourth-order valence-electron chi connectivity index (χ4n) is 1.66. The van der Waals surface area contributed by atoms with Gasteiger partial charge in [-0.3, -0.25) is 0 Å². The van der Waals surface area contributed by atoms with Crippen LogP contribution >= 0.6 is 11.6 Å². The number of hydrogen-bond acceptors (Lipinski definition) is 3. The second kappa shape index (κ2) is 7.61. The fraction of sp³-hybridized carbons (Fsp3) is 0.600. The average Bonchev–Trinajstić information content (AvgIpc) is 2.37. The number of rotatable bonds is 7. The summed E-state index contributed by atoms with van der Waals surface area (Å²) in [6.45, 7) is 9.02. The molecule has 1 N–H and O–H groups in total. The zero-order valence-electron chi connectivity index (χ0n) is 12.4. The zero-order valence-corrected chi connectivity index (χ0v) is 13.2. The van der Waals surface area contributed by atoms with Crippen molar-refractivity contribution < 1.29 is 9.47 Å². The highest BCUT2D eigenvalue weighted by Crippen LogP contribution is 2.37. The van der Waals surface area contributed by atoms with Crippen molar-refractivity contribution in [2.45, 2.75) is 52.8 Å². The fourth-order valence-corrected chi connectivity index (χ4v) is 1.94. The van der Waals surface area contributed by atoms with Crippen molar-refractivity contribution in [2.75, 3.05) is 7.11 Å². The van der Waals surface area contributed by atoms with Gasteiger partial charge in [-0.1, -0.05) is 18.5 Å². The van der Waals surface area contributed by atoms with Crippen LogP contribution in [0.4, 0.5) is 0 Å². The zero-order chi connectivity index (χ0) is 14.4. The molecule has 1 atom stereocenters. The predicted octanol–water partition coefficient (Wildman–Crippen LogP) is 4.02. The van der Waals surface area contributed by atoms with Gasteiger partial charge in [-0.05, 0) is 44.9 Å². The lowest BCUT2D eigenvalue weighted by Crippen LogP contribution is -2.24. The Kier molecular flexibility index (Phi) is 6.46. The first-order valence-corrected chi connectivity index (χ1v) is 7.12. The van der Waals surface area contributed by atoms with Crippen molar-refractivity contribution in [1.29, 1.82) is 0 Å². The molecule has 0 amide bonds. The Morgan fingerprint density at radius 2 is 1.95 bits per heavy atom. The molecule has 0 fully saturated rings. The van der Waals surface area contributed by atoms with Crippen LogP contribution < -0.4 is 14.8 Å². The van der Waals surface area contributed by atoms with Crippen LogP contribution in [0.15, 0.2) is 12.1 Å². The van der Waals surface area contributed by atoms with Crippen molar-refractivity contribution in [3.8, 4) is 11.5 Å². The molecule has 0 unspecified atom stereocenters. The molecule has 19 heavy (non-hydrogen) atoms. The molecule has 0 saturated carbocycles. The summed E-state index contributed by atoms with van der Waals surface area (Å²) in [5.74, 6) is 1.30. The highest BCUT2D eigenvalue weighted by Gasteiger charge is 2.13. The van der Waals surface area contributed by atoms with E-state index < -0.39 is 0 Å². The molecule has 1 rings (SSSR count). The second-order valence-corrected chi connectivity index (χ2v) is 5.37. The van der Waals surface area contributed by atoms with E-state index in [1.165, 1.54) is 0 Å². The largest absolute Gasteiger partial charge is 0.493 e. The van der Waals surface area contributed by atoms with Gasteiger partial charge in [0.1, 0.15) is 0 Å². The number of nitrogens with one attached hydrogen (secondary N) is 1. The van der Waals surface area contributed by atoms with E-state index in [1.807, 2.05) is 26.0 Å². The van der Waals surface area contributed by atoms with Gasteiger partial charge >= 0.3 is 0 Å². The van der Waals surface area contributed by atoms with Crippen LogP contribution in [0, 0.1) is 0 Å². The van der Waals surface area contributed by atoms with Gasteiger partial charge in [0.05, 0.1) is 18.2 Å². The smallest absolute Gasteiger partial charge is 0.180 e. The van der Waals surface area contributed by atoms with Crippen LogP contribution in [0.5, 0.6) is 11.5 Å². The van der Waals surface area contributed by atoms with Crippen LogP contribution in [0.2, 0.25) is 5.02 Å². The monoisotopic (exact) mass is 285 g/mol. The normalized spacial score (nSPS) is 12.6. The first-order valence-electron chi connectivity index (χ1n) is 6.74. The van der Waals surface area contributed by atoms with Crippen molar-refractivity contribution >= 4 is 11.6 Å². The van der Waals surface area contributed by atoms with E-state index in [1.54, 1.807) is 7.11 Å². The van der Waals surface area contributed by atoms with E-state index in [4.69, 9.17) is 21.1 Å². The molecule has 0 radical (unpaired) electrons. The molecule has 0 aromatic heterocycles. The highest BCUT2D eigenvalue weighted by molar-refractivity contribution is 6.32. The third-order valence-corrected chi connectivity index (χ3v) is 3.19. The first kappa shape index (κ1) is 16.1. The van der Waals surface area contributed by atoms with Crippen molar-refractivity contribution in [2.24, 2.45) is 0 Å². The Morgan fingerprint density at radius 3 is 2.47 bits per heavy atom. The third-order valence-electron chi connectivity index (χ3n) is 2.91.